The van der Waals surface area contributed by atoms with E-state index in [4.69, 9.17) is 0 Å². The fourth-order valence-corrected chi connectivity index (χ4v) is 2.78. The van der Waals surface area contributed by atoms with Gasteiger partial charge in [-0.2, -0.15) is 0 Å². The number of methoxy groups -OCH3 is 1. The average Bonchev–Trinajstić information content (AvgIpc) is 2.91. The predicted octanol–water partition coefficient (Wildman–Crippen LogP) is 1.48. The Morgan fingerprint density at radius 2 is 2.08 bits per heavy atom. The van der Waals surface area contributed by atoms with Gasteiger partial charge in [0.1, 0.15) is 6.54 Å². The van der Waals surface area contributed by atoms with Gasteiger partial charge in [0, 0.05) is 38.0 Å². The van der Waals surface area contributed by atoms with E-state index in [9.17, 15) is 23.2 Å². The second kappa shape index (κ2) is 8.04. The molecule has 6 nitrogen and oxygen atoms in total. The number of nitrogens with zero attached hydrogens (tertiary/aromatic N) is 2. The first-order valence-corrected chi connectivity index (χ1v) is 7.86. The second-order valence-corrected chi connectivity index (χ2v) is 5.96. The molecular formula is C17H20F2N2O4. The molecule has 0 radical (unpaired) electrons. The van der Waals surface area contributed by atoms with Crippen LogP contribution in [0, 0.1) is 11.6 Å². The lowest BCUT2D eigenvalue weighted by atomic mass is 10.1. The van der Waals surface area contributed by atoms with Gasteiger partial charge in [-0.15, -0.1) is 0 Å². The quantitative estimate of drug-likeness (QED) is 0.726. The summed E-state index contributed by atoms with van der Waals surface area (Å²) < 4.78 is 31.7. The molecule has 8 heteroatoms. The Kier molecular flexibility index (Phi) is 6.06. The standard InChI is InChI=1S/C17H20F2N2O4/c1-20(10-16(24)25-2)15(23)8-12-6-7-14(22)21(12)9-11-4-3-5-13(18)17(11)19/h3-5,12H,6-10H2,1-2H3/t12-/m1/s1. The number of likely N-dealkylation sites (N-methyl/N-ethyl adjacent to an activating group) is 1. The maximum absolute atomic E-state index is 13.8. The molecule has 2 amide bonds. The Labute approximate surface area is 144 Å². The van der Waals surface area contributed by atoms with E-state index in [0.717, 1.165) is 6.07 Å². The molecule has 0 aliphatic carbocycles. The summed E-state index contributed by atoms with van der Waals surface area (Å²) in [6.07, 6.45) is 0.708. The first kappa shape index (κ1) is 18.8. The van der Waals surface area contributed by atoms with Crippen LogP contribution in [0.5, 0.6) is 0 Å². The minimum absolute atomic E-state index is 0.0101. The number of carbonyl (C=O) groups is 3. The SMILES string of the molecule is COC(=O)CN(C)C(=O)C[C@H]1CCC(=O)N1Cc1cccc(F)c1F. The molecular weight excluding hydrogens is 334 g/mol. The number of hydrogen-bond acceptors (Lipinski definition) is 4. The van der Waals surface area contributed by atoms with Gasteiger partial charge in [0.2, 0.25) is 11.8 Å². The van der Waals surface area contributed by atoms with Crippen LogP contribution in [0.3, 0.4) is 0 Å². The summed E-state index contributed by atoms with van der Waals surface area (Å²) in [7, 11) is 2.69. The maximum Gasteiger partial charge on any atom is 0.325 e. The molecule has 1 aromatic rings. The van der Waals surface area contributed by atoms with Crippen molar-refractivity contribution in [3.63, 3.8) is 0 Å². The summed E-state index contributed by atoms with van der Waals surface area (Å²) in [6.45, 7) is -0.282. The van der Waals surface area contributed by atoms with E-state index < -0.39 is 23.6 Å². The molecule has 1 atom stereocenters. The third-order valence-corrected chi connectivity index (χ3v) is 4.25. The van der Waals surface area contributed by atoms with Crippen LogP contribution in [0.2, 0.25) is 0 Å². The van der Waals surface area contributed by atoms with E-state index in [2.05, 4.69) is 4.74 Å². The highest BCUT2D eigenvalue weighted by Gasteiger charge is 2.33. The molecule has 0 unspecified atom stereocenters. The van der Waals surface area contributed by atoms with Gasteiger partial charge < -0.3 is 14.5 Å². The topological polar surface area (TPSA) is 66.9 Å². The van der Waals surface area contributed by atoms with Crippen molar-refractivity contribution >= 4 is 17.8 Å². The molecule has 0 aromatic heterocycles. The van der Waals surface area contributed by atoms with Crippen molar-refractivity contribution in [1.82, 2.24) is 9.80 Å². The highest BCUT2D eigenvalue weighted by atomic mass is 19.2. The zero-order valence-corrected chi connectivity index (χ0v) is 14.1. The van der Waals surface area contributed by atoms with E-state index in [1.165, 1.54) is 36.1 Å². The summed E-state index contributed by atoms with van der Waals surface area (Å²) in [6, 6.07) is 3.38. The largest absolute Gasteiger partial charge is 0.468 e. The van der Waals surface area contributed by atoms with Crippen LogP contribution in [0.4, 0.5) is 8.78 Å². The number of carbonyl (C=O) groups excluding carboxylic acids is 3. The van der Waals surface area contributed by atoms with Gasteiger partial charge in [-0.05, 0) is 12.5 Å². The molecule has 1 saturated heterocycles. The van der Waals surface area contributed by atoms with Crippen LogP contribution in [0.15, 0.2) is 18.2 Å². The Morgan fingerprint density at radius 1 is 1.36 bits per heavy atom. The smallest absolute Gasteiger partial charge is 0.325 e. The van der Waals surface area contributed by atoms with Gasteiger partial charge in [0.25, 0.3) is 0 Å². The first-order chi connectivity index (χ1) is 11.8. The van der Waals surface area contributed by atoms with Crippen LogP contribution in [0.25, 0.3) is 0 Å². The van der Waals surface area contributed by atoms with Gasteiger partial charge in [-0.1, -0.05) is 12.1 Å². The molecule has 1 aliphatic heterocycles. The molecule has 0 spiro atoms. The molecule has 0 saturated carbocycles. The minimum Gasteiger partial charge on any atom is -0.468 e. The minimum atomic E-state index is -0.991. The average molecular weight is 354 g/mol. The fourth-order valence-electron chi connectivity index (χ4n) is 2.78. The summed E-state index contributed by atoms with van der Waals surface area (Å²) in [4.78, 5) is 38.1. The number of rotatable bonds is 6. The normalized spacial score (nSPS) is 16.9. The Morgan fingerprint density at radius 3 is 2.76 bits per heavy atom. The molecule has 1 aliphatic rings. The van der Waals surface area contributed by atoms with Crippen LogP contribution in [-0.4, -0.2) is 54.3 Å². The third-order valence-electron chi connectivity index (χ3n) is 4.25. The lowest BCUT2D eigenvalue weighted by molar-refractivity contribution is -0.146. The molecule has 1 fully saturated rings. The summed E-state index contributed by atoms with van der Waals surface area (Å²) in [5.41, 5.74) is 0.0654. The van der Waals surface area contributed by atoms with Crippen LogP contribution in [0.1, 0.15) is 24.8 Å². The van der Waals surface area contributed by atoms with E-state index in [1.807, 2.05) is 0 Å². The summed E-state index contributed by atoms with van der Waals surface area (Å²) in [5.74, 6) is -3.05. The molecule has 1 aromatic carbocycles. The Balaban J connectivity index is 2.05. The van der Waals surface area contributed by atoms with Crippen molar-refractivity contribution in [3.8, 4) is 0 Å². The van der Waals surface area contributed by atoms with Gasteiger partial charge in [-0.3, -0.25) is 14.4 Å². The Hall–Kier alpha value is -2.51. The van der Waals surface area contributed by atoms with E-state index in [0.29, 0.717) is 6.42 Å². The molecule has 136 valence electrons. The summed E-state index contributed by atoms with van der Waals surface area (Å²) >= 11 is 0. The lowest BCUT2D eigenvalue weighted by Gasteiger charge is -2.26. The van der Waals surface area contributed by atoms with Crippen molar-refractivity contribution in [1.29, 1.82) is 0 Å². The van der Waals surface area contributed by atoms with Crippen LogP contribution in [-0.2, 0) is 25.7 Å². The van der Waals surface area contributed by atoms with E-state index >= 15 is 0 Å². The van der Waals surface area contributed by atoms with Crippen LogP contribution < -0.4 is 0 Å². The van der Waals surface area contributed by atoms with Crippen molar-refractivity contribution < 1.29 is 27.9 Å². The van der Waals surface area contributed by atoms with Crippen molar-refractivity contribution in [2.75, 3.05) is 20.7 Å². The zero-order chi connectivity index (χ0) is 18.6. The van der Waals surface area contributed by atoms with Crippen molar-refractivity contribution in [2.24, 2.45) is 0 Å². The molecule has 2 rings (SSSR count). The third kappa shape index (κ3) is 4.52. The number of hydrogen-bond donors (Lipinski definition) is 0. The number of esters is 1. The number of amides is 2. The van der Waals surface area contributed by atoms with Crippen molar-refractivity contribution in [3.05, 3.63) is 35.4 Å². The van der Waals surface area contributed by atoms with Crippen molar-refractivity contribution in [2.45, 2.75) is 31.8 Å². The number of benzene rings is 1. The molecule has 1 heterocycles. The maximum atomic E-state index is 13.8. The van der Waals surface area contributed by atoms with Crippen LogP contribution >= 0.6 is 0 Å². The van der Waals surface area contributed by atoms with E-state index in [-0.39, 0.29) is 43.3 Å². The van der Waals surface area contributed by atoms with Gasteiger partial charge in [0.05, 0.1) is 7.11 Å². The van der Waals surface area contributed by atoms with Gasteiger partial charge in [-0.25, -0.2) is 8.78 Å². The second-order valence-electron chi connectivity index (χ2n) is 5.96. The fraction of sp³-hybridized carbons (Fsp3) is 0.471. The molecule has 0 bridgehead atoms. The van der Waals surface area contributed by atoms with Gasteiger partial charge >= 0.3 is 5.97 Å². The zero-order valence-electron chi connectivity index (χ0n) is 14.1. The number of ether oxygens (including phenoxy) is 1. The predicted molar refractivity (Wildman–Crippen MR) is 84.2 cm³/mol. The number of halogens is 2. The number of likely N-dealkylation sites (tertiary alicyclic amines) is 1. The van der Waals surface area contributed by atoms with E-state index in [1.54, 1.807) is 0 Å². The first-order valence-electron chi connectivity index (χ1n) is 7.86. The Bertz CT molecular complexity index is 681. The highest BCUT2D eigenvalue weighted by Crippen LogP contribution is 2.25. The molecule has 0 N–H and O–H groups in total. The van der Waals surface area contributed by atoms with Gasteiger partial charge in [0.15, 0.2) is 11.6 Å². The molecule has 25 heavy (non-hydrogen) atoms. The highest BCUT2D eigenvalue weighted by molar-refractivity contribution is 5.84. The monoisotopic (exact) mass is 354 g/mol. The lowest BCUT2D eigenvalue weighted by Crippen LogP contribution is -2.39. The summed E-state index contributed by atoms with van der Waals surface area (Å²) in [5, 5.41) is 0.